The molecule has 0 unspecified atom stereocenters. The highest BCUT2D eigenvalue weighted by Crippen LogP contribution is 2.30. The molecule has 0 bridgehead atoms. The van der Waals surface area contributed by atoms with Crippen molar-refractivity contribution in [2.45, 2.75) is 18.4 Å². The molecule has 1 aromatic heterocycles. The Bertz CT molecular complexity index is 1180. The number of hydrogen-bond acceptors (Lipinski definition) is 5. The Kier molecular flexibility index (Phi) is 6.70. The van der Waals surface area contributed by atoms with Gasteiger partial charge in [-0.1, -0.05) is 23.7 Å². The number of halogens is 1. The van der Waals surface area contributed by atoms with E-state index in [1.807, 2.05) is 18.4 Å². The van der Waals surface area contributed by atoms with Gasteiger partial charge in [-0.15, -0.1) is 11.3 Å². The summed E-state index contributed by atoms with van der Waals surface area (Å²) in [5.74, 6) is 0.0729. The smallest absolute Gasteiger partial charge is 0.263 e. The molecule has 0 spiro atoms. The average molecular weight is 465 g/mol. The van der Waals surface area contributed by atoms with E-state index in [0.717, 1.165) is 10.4 Å². The van der Waals surface area contributed by atoms with E-state index in [1.54, 1.807) is 47.5 Å². The van der Waals surface area contributed by atoms with Crippen LogP contribution in [0.4, 0.5) is 5.69 Å². The lowest BCUT2D eigenvalue weighted by Crippen LogP contribution is -2.26. The molecule has 0 aliphatic heterocycles. The van der Waals surface area contributed by atoms with E-state index in [9.17, 15) is 13.2 Å². The van der Waals surface area contributed by atoms with Crippen molar-refractivity contribution in [3.8, 4) is 5.75 Å². The predicted molar refractivity (Wildman–Crippen MR) is 120 cm³/mol. The van der Waals surface area contributed by atoms with Crippen LogP contribution in [0.1, 0.15) is 20.8 Å². The minimum atomic E-state index is -4.05. The second-order valence-electron chi connectivity index (χ2n) is 6.64. The number of thiophene rings is 1. The second-order valence-corrected chi connectivity index (χ2v) is 9.70. The van der Waals surface area contributed by atoms with E-state index in [1.165, 1.54) is 25.3 Å². The number of para-hydroxylation sites is 2. The van der Waals surface area contributed by atoms with Gasteiger partial charge >= 0.3 is 0 Å². The quantitative estimate of drug-likeness (QED) is 0.545. The molecule has 0 fully saturated rings. The lowest BCUT2D eigenvalue weighted by Gasteiger charge is -2.18. The van der Waals surface area contributed by atoms with Crippen LogP contribution in [0.2, 0.25) is 5.02 Å². The molecule has 0 atom stereocenters. The number of nitrogens with one attached hydrogen (secondary N) is 1. The third-order valence-corrected chi connectivity index (χ3v) is 7.37. The summed E-state index contributed by atoms with van der Waals surface area (Å²) in [6, 6.07) is 12.9. The molecule has 6 nitrogen and oxygen atoms in total. The van der Waals surface area contributed by atoms with Crippen molar-refractivity contribution in [2.75, 3.05) is 18.9 Å². The van der Waals surface area contributed by atoms with Crippen LogP contribution in [-0.4, -0.2) is 33.4 Å². The first-order valence-corrected chi connectivity index (χ1v) is 11.7. The predicted octanol–water partition coefficient (Wildman–Crippen LogP) is 4.79. The maximum Gasteiger partial charge on any atom is 0.263 e. The summed E-state index contributed by atoms with van der Waals surface area (Å²) in [4.78, 5) is 15.3. The van der Waals surface area contributed by atoms with Crippen LogP contribution in [0.5, 0.6) is 5.75 Å². The molecular weight excluding hydrogens is 444 g/mol. The second kappa shape index (κ2) is 9.07. The van der Waals surface area contributed by atoms with Gasteiger partial charge in [0.05, 0.1) is 24.4 Å². The third-order valence-electron chi connectivity index (χ3n) is 4.51. The SMILES string of the molecule is COc1ccccc1NS(=O)(=O)c1cc(C(=O)N(C)Cc2sccc2C)ccc1Cl. The van der Waals surface area contributed by atoms with Crippen LogP contribution in [0, 0.1) is 6.92 Å². The number of methoxy groups -OCH3 is 1. The van der Waals surface area contributed by atoms with Crippen molar-refractivity contribution < 1.29 is 17.9 Å². The molecule has 0 aliphatic carbocycles. The molecule has 1 heterocycles. The number of anilines is 1. The number of ether oxygens (including phenoxy) is 1. The first-order valence-electron chi connectivity index (χ1n) is 8.96. The molecule has 0 aliphatic rings. The summed E-state index contributed by atoms with van der Waals surface area (Å²) in [5.41, 5.74) is 1.62. The zero-order valence-corrected chi connectivity index (χ0v) is 19.1. The van der Waals surface area contributed by atoms with Crippen molar-refractivity contribution in [1.29, 1.82) is 0 Å². The van der Waals surface area contributed by atoms with Crippen LogP contribution < -0.4 is 9.46 Å². The number of carbonyl (C=O) groups is 1. The van der Waals surface area contributed by atoms with E-state index in [2.05, 4.69) is 4.72 Å². The Morgan fingerprint density at radius 1 is 1.20 bits per heavy atom. The maximum absolute atomic E-state index is 13.0. The van der Waals surface area contributed by atoms with Gasteiger partial charge in [-0.25, -0.2) is 8.42 Å². The molecule has 3 aromatic rings. The number of amides is 1. The molecule has 0 saturated heterocycles. The number of nitrogens with zero attached hydrogens (tertiary/aromatic N) is 1. The summed E-state index contributed by atoms with van der Waals surface area (Å²) < 4.78 is 33.6. The lowest BCUT2D eigenvalue weighted by molar-refractivity contribution is 0.0786. The molecule has 158 valence electrons. The molecule has 0 radical (unpaired) electrons. The number of hydrogen-bond donors (Lipinski definition) is 1. The maximum atomic E-state index is 13.0. The van der Waals surface area contributed by atoms with E-state index in [4.69, 9.17) is 16.3 Å². The Morgan fingerprint density at radius 3 is 2.60 bits per heavy atom. The molecule has 0 saturated carbocycles. The van der Waals surface area contributed by atoms with Crippen molar-refractivity contribution in [2.24, 2.45) is 0 Å². The first-order chi connectivity index (χ1) is 14.2. The van der Waals surface area contributed by atoms with Gasteiger partial charge in [0.25, 0.3) is 15.9 Å². The van der Waals surface area contributed by atoms with Crippen LogP contribution in [0.15, 0.2) is 58.8 Å². The highest BCUT2D eigenvalue weighted by molar-refractivity contribution is 7.92. The largest absolute Gasteiger partial charge is 0.495 e. The van der Waals surface area contributed by atoms with Gasteiger partial charge in [-0.3, -0.25) is 9.52 Å². The van der Waals surface area contributed by atoms with Crippen LogP contribution in [0.3, 0.4) is 0 Å². The summed E-state index contributed by atoms with van der Waals surface area (Å²) in [6.45, 7) is 2.42. The Balaban J connectivity index is 1.88. The highest BCUT2D eigenvalue weighted by Gasteiger charge is 2.23. The van der Waals surface area contributed by atoms with Gasteiger partial charge in [-0.05, 0) is 54.3 Å². The van der Waals surface area contributed by atoms with Gasteiger partial charge in [0.2, 0.25) is 0 Å². The fourth-order valence-corrected chi connectivity index (χ4v) is 5.40. The Morgan fingerprint density at radius 2 is 1.93 bits per heavy atom. The number of aryl methyl sites for hydroxylation is 1. The number of benzene rings is 2. The Labute approximate surface area is 185 Å². The minimum Gasteiger partial charge on any atom is -0.495 e. The van der Waals surface area contributed by atoms with Crippen LogP contribution in [0.25, 0.3) is 0 Å². The van der Waals surface area contributed by atoms with Gasteiger partial charge < -0.3 is 9.64 Å². The van der Waals surface area contributed by atoms with E-state index < -0.39 is 10.0 Å². The van der Waals surface area contributed by atoms with E-state index >= 15 is 0 Å². The topological polar surface area (TPSA) is 75.7 Å². The number of rotatable bonds is 7. The monoisotopic (exact) mass is 464 g/mol. The highest BCUT2D eigenvalue weighted by atomic mass is 35.5. The summed E-state index contributed by atoms with van der Waals surface area (Å²) in [5, 5.41) is 1.99. The summed E-state index contributed by atoms with van der Waals surface area (Å²) >= 11 is 7.74. The normalized spacial score (nSPS) is 11.2. The van der Waals surface area contributed by atoms with Gasteiger partial charge in [0, 0.05) is 17.5 Å². The van der Waals surface area contributed by atoms with Crippen molar-refractivity contribution in [1.82, 2.24) is 4.90 Å². The molecule has 1 N–H and O–H groups in total. The molecular formula is C21H21ClN2O4S2. The standard InChI is InChI=1S/C21H21ClN2O4S2/c1-14-10-11-29-19(14)13-24(2)21(25)15-8-9-16(22)20(12-15)30(26,27)23-17-6-4-5-7-18(17)28-3/h4-12,23H,13H2,1-3H3. The fraction of sp³-hybridized carbons (Fsp3) is 0.190. The third kappa shape index (κ3) is 4.77. The minimum absolute atomic E-state index is 0.0192. The average Bonchev–Trinajstić information content (AvgIpc) is 3.12. The molecule has 9 heteroatoms. The Hall–Kier alpha value is -2.55. The molecule has 1 amide bonds. The van der Waals surface area contributed by atoms with Crippen LogP contribution in [-0.2, 0) is 16.6 Å². The van der Waals surface area contributed by atoms with Gasteiger partial charge in [0.1, 0.15) is 10.6 Å². The van der Waals surface area contributed by atoms with Crippen LogP contribution >= 0.6 is 22.9 Å². The lowest BCUT2D eigenvalue weighted by atomic mass is 10.2. The van der Waals surface area contributed by atoms with Crippen molar-refractivity contribution in [3.05, 3.63) is 74.9 Å². The molecule has 30 heavy (non-hydrogen) atoms. The molecule has 2 aromatic carbocycles. The zero-order chi connectivity index (χ0) is 21.9. The van der Waals surface area contributed by atoms with E-state index in [-0.39, 0.29) is 27.1 Å². The fourth-order valence-electron chi connectivity index (χ4n) is 2.84. The van der Waals surface area contributed by atoms with E-state index in [0.29, 0.717) is 12.3 Å². The zero-order valence-electron chi connectivity index (χ0n) is 16.7. The van der Waals surface area contributed by atoms with Crippen molar-refractivity contribution in [3.63, 3.8) is 0 Å². The first kappa shape index (κ1) is 22.1. The summed E-state index contributed by atoms with van der Waals surface area (Å²) in [6.07, 6.45) is 0. The van der Waals surface area contributed by atoms with Gasteiger partial charge in [-0.2, -0.15) is 0 Å². The molecule has 3 rings (SSSR count). The number of sulfonamides is 1. The number of carbonyl (C=O) groups excluding carboxylic acids is 1. The van der Waals surface area contributed by atoms with Gasteiger partial charge in [0.15, 0.2) is 0 Å². The summed E-state index contributed by atoms with van der Waals surface area (Å²) in [7, 11) is -0.919. The van der Waals surface area contributed by atoms with Crippen molar-refractivity contribution >= 4 is 44.6 Å².